The second-order valence-corrected chi connectivity index (χ2v) is 4.83. The van der Waals surface area contributed by atoms with E-state index in [2.05, 4.69) is 4.98 Å². The zero-order valence-corrected chi connectivity index (χ0v) is 9.70. The number of hydrogen-bond donors (Lipinski definition) is 1. The molecule has 1 aliphatic carbocycles. The summed E-state index contributed by atoms with van der Waals surface area (Å²) in [6.07, 6.45) is -3.67. The van der Waals surface area contributed by atoms with Gasteiger partial charge >= 0.3 is 6.18 Å². The number of nitrogen functional groups attached to an aromatic ring is 1. The highest BCUT2D eigenvalue weighted by molar-refractivity contribution is 5.80. The minimum Gasteiger partial charge on any atom is -0.399 e. The molecule has 1 heterocycles. The van der Waals surface area contributed by atoms with Gasteiger partial charge in [0.25, 0.3) is 0 Å². The molecule has 1 aliphatic rings. The largest absolute Gasteiger partial charge is 0.449 e. The Morgan fingerprint density at radius 1 is 1.39 bits per heavy atom. The lowest BCUT2D eigenvalue weighted by atomic mass is 10.3. The molecule has 0 aliphatic heterocycles. The summed E-state index contributed by atoms with van der Waals surface area (Å²) < 4.78 is 40.3. The van der Waals surface area contributed by atoms with Gasteiger partial charge in [-0.05, 0) is 30.5 Å². The quantitative estimate of drug-likeness (QED) is 0.795. The van der Waals surface area contributed by atoms with Crippen molar-refractivity contribution in [3.63, 3.8) is 0 Å². The number of fused-ring (bicyclic) bond motifs is 1. The first-order valence-electron chi connectivity index (χ1n) is 5.72. The van der Waals surface area contributed by atoms with Gasteiger partial charge < -0.3 is 10.3 Å². The molecule has 3 rings (SSSR count). The smallest absolute Gasteiger partial charge is 0.399 e. The SMILES string of the molecule is CC1CC1n1c(C(F)(F)F)nc2cc(N)ccc21. The van der Waals surface area contributed by atoms with Crippen LogP contribution in [0, 0.1) is 5.92 Å². The first-order chi connectivity index (χ1) is 8.38. The van der Waals surface area contributed by atoms with Crippen LogP contribution in [0.5, 0.6) is 0 Å². The standard InChI is InChI=1S/C12H12F3N3/c1-6-4-10(6)18-9-3-2-7(16)5-8(9)17-11(18)12(13,14)15/h2-3,5-6,10H,4,16H2,1H3. The molecule has 1 aromatic carbocycles. The number of halogens is 3. The number of aromatic nitrogens is 2. The van der Waals surface area contributed by atoms with E-state index < -0.39 is 12.0 Å². The maximum atomic E-state index is 13.0. The maximum Gasteiger partial charge on any atom is 0.449 e. The fraction of sp³-hybridized carbons (Fsp3) is 0.417. The first kappa shape index (κ1) is 11.4. The van der Waals surface area contributed by atoms with Gasteiger partial charge in [-0.2, -0.15) is 13.2 Å². The Morgan fingerprint density at radius 2 is 2.06 bits per heavy atom. The van der Waals surface area contributed by atoms with E-state index in [9.17, 15) is 13.2 Å². The Morgan fingerprint density at radius 3 is 2.61 bits per heavy atom. The molecule has 0 saturated heterocycles. The molecule has 1 fully saturated rings. The summed E-state index contributed by atoms with van der Waals surface area (Å²) in [5.41, 5.74) is 6.81. The van der Waals surface area contributed by atoms with Crippen LogP contribution in [0.1, 0.15) is 25.2 Å². The van der Waals surface area contributed by atoms with Crippen LogP contribution in [0.4, 0.5) is 18.9 Å². The first-order valence-corrected chi connectivity index (χ1v) is 5.72. The lowest BCUT2D eigenvalue weighted by Crippen LogP contribution is -2.14. The van der Waals surface area contributed by atoms with E-state index in [1.807, 2.05) is 6.92 Å². The third kappa shape index (κ3) is 1.63. The molecule has 1 saturated carbocycles. The predicted molar refractivity (Wildman–Crippen MR) is 62.0 cm³/mol. The topological polar surface area (TPSA) is 43.8 Å². The molecule has 2 aromatic rings. The third-order valence-electron chi connectivity index (χ3n) is 3.37. The summed E-state index contributed by atoms with van der Waals surface area (Å²) in [4.78, 5) is 3.70. The van der Waals surface area contributed by atoms with Crippen LogP contribution in [-0.4, -0.2) is 9.55 Å². The van der Waals surface area contributed by atoms with Gasteiger partial charge in [-0.15, -0.1) is 0 Å². The lowest BCUT2D eigenvalue weighted by Gasteiger charge is -2.10. The second kappa shape index (κ2) is 3.40. The van der Waals surface area contributed by atoms with E-state index in [1.54, 1.807) is 12.1 Å². The fourth-order valence-corrected chi connectivity index (χ4v) is 2.31. The molecular weight excluding hydrogens is 243 g/mol. The number of rotatable bonds is 1. The number of benzene rings is 1. The van der Waals surface area contributed by atoms with Gasteiger partial charge in [0.2, 0.25) is 5.82 Å². The molecule has 2 unspecified atom stereocenters. The van der Waals surface area contributed by atoms with Gasteiger partial charge in [-0.3, -0.25) is 0 Å². The number of nitrogens with two attached hydrogens (primary N) is 1. The minimum absolute atomic E-state index is 0.102. The van der Waals surface area contributed by atoms with Gasteiger partial charge in [0.15, 0.2) is 0 Å². The number of anilines is 1. The zero-order valence-electron chi connectivity index (χ0n) is 9.70. The van der Waals surface area contributed by atoms with Crippen molar-refractivity contribution in [3.8, 4) is 0 Å². The van der Waals surface area contributed by atoms with Crippen molar-refractivity contribution in [2.24, 2.45) is 5.92 Å². The lowest BCUT2D eigenvalue weighted by molar-refractivity contribution is -0.147. The highest BCUT2D eigenvalue weighted by Crippen LogP contribution is 2.47. The van der Waals surface area contributed by atoms with Gasteiger partial charge in [0.1, 0.15) is 0 Å². The molecule has 0 bridgehead atoms. The van der Waals surface area contributed by atoms with Crippen LogP contribution < -0.4 is 5.73 Å². The van der Waals surface area contributed by atoms with Crippen molar-refractivity contribution in [2.45, 2.75) is 25.6 Å². The van der Waals surface area contributed by atoms with Gasteiger partial charge in [0, 0.05) is 11.7 Å². The molecule has 96 valence electrons. The summed E-state index contributed by atoms with van der Waals surface area (Å²) in [6.45, 7) is 1.94. The normalized spacial score (nSPS) is 23.6. The van der Waals surface area contributed by atoms with Crippen molar-refractivity contribution < 1.29 is 13.2 Å². The Kier molecular flexibility index (Phi) is 2.15. The van der Waals surface area contributed by atoms with Crippen molar-refractivity contribution in [2.75, 3.05) is 5.73 Å². The monoisotopic (exact) mass is 255 g/mol. The van der Waals surface area contributed by atoms with Gasteiger partial charge in [-0.25, -0.2) is 4.98 Å². The highest BCUT2D eigenvalue weighted by atomic mass is 19.4. The van der Waals surface area contributed by atoms with E-state index in [0.29, 0.717) is 16.7 Å². The maximum absolute atomic E-state index is 13.0. The van der Waals surface area contributed by atoms with Crippen molar-refractivity contribution in [1.29, 1.82) is 0 Å². The zero-order chi connectivity index (χ0) is 13.1. The highest BCUT2D eigenvalue weighted by Gasteiger charge is 2.44. The number of hydrogen-bond acceptors (Lipinski definition) is 2. The molecule has 2 atom stereocenters. The predicted octanol–water partition coefficient (Wildman–Crippen LogP) is 3.22. The summed E-state index contributed by atoms with van der Waals surface area (Å²) >= 11 is 0. The Labute approximate surface area is 101 Å². The number of nitrogens with zero attached hydrogens (tertiary/aromatic N) is 2. The molecule has 6 heteroatoms. The van der Waals surface area contributed by atoms with Crippen molar-refractivity contribution >= 4 is 16.7 Å². The van der Waals surface area contributed by atoms with Crippen LogP contribution in [0.25, 0.3) is 11.0 Å². The summed E-state index contributed by atoms with van der Waals surface area (Å²) in [7, 11) is 0. The average Bonchev–Trinajstić information content (AvgIpc) is 2.85. The van der Waals surface area contributed by atoms with E-state index in [0.717, 1.165) is 6.42 Å². The molecular formula is C12H12F3N3. The van der Waals surface area contributed by atoms with Crippen LogP contribution in [0.15, 0.2) is 18.2 Å². The molecule has 0 spiro atoms. The summed E-state index contributed by atoms with van der Waals surface area (Å²) in [6, 6.07) is 4.59. The number of alkyl halides is 3. The van der Waals surface area contributed by atoms with E-state index in [1.165, 1.54) is 10.6 Å². The van der Waals surface area contributed by atoms with E-state index in [4.69, 9.17) is 5.73 Å². The van der Waals surface area contributed by atoms with Gasteiger partial charge in [-0.1, -0.05) is 6.92 Å². The van der Waals surface area contributed by atoms with Crippen LogP contribution >= 0.6 is 0 Å². The summed E-state index contributed by atoms with van der Waals surface area (Å²) in [5, 5.41) is 0. The molecule has 3 nitrogen and oxygen atoms in total. The molecule has 1 aromatic heterocycles. The van der Waals surface area contributed by atoms with Crippen LogP contribution in [0.3, 0.4) is 0 Å². The molecule has 18 heavy (non-hydrogen) atoms. The number of imidazole rings is 1. The fourth-order valence-electron chi connectivity index (χ4n) is 2.31. The molecule has 2 N–H and O–H groups in total. The van der Waals surface area contributed by atoms with E-state index >= 15 is 0 Å². The average molecular weight is 255 g/mol. The van der Waals surface area contributed by atoms with Crippen LogP contribution in [-0.2, 0) is 6.18 Å². The minimum atomic E-state index is -4.43. The Hall–Kier alpha value is -1.72. The van der Waals surface area contributed by atoms with Crippen molar-refractivity contribution in [3.05, 3.63) is 24.0 Å². The Balaban J connectivity index is 2.27. The summed E-state index contributed by atoms with van der Waals surface area (Å²) in [5.74, 6) is -0.557. The van der Waals surface area contributed by atoms with Crippen LogP contribution in [0.2, 0.25) is 0 Å². The molecule has 0 radical (unpaired) electrons. The Bertz CT molecular complexity index is 615. The van der Waals surface area contributed by atoms with Gasteiger partial charge in [0.05, 0.1) is 11.0 Å². The molecule has 0 amide bonds. The van der Waals surface area contributed by atoms with Crippen molar-refractivity contribution in [1.82, 2.24) is 9.55 Å². The third-order valence-corrected chi connectivity index (χ3v) is 3.37. The second-order valence-electron chi connectivity index (χ2n) is 4.83. The van der Waals surface area contributed by atoms with E-state index in [-0.39, 0.29) is 12.0 Å².